The summed E-state index contributed by atoms with van der Waals surface area (Å²) < 4.78 is 6.62. The molecule has 0 saturated carbocycles. The van der Waals surface area contributed by atoms with E-state index in [0.717, 1.165) is 5.56 Å². The fourth-order valence-corrected chi connectivity index (χ4v) is 2.25. The van der Waals surface area contributed by atoms with Gasteiger partial charge in [0.25, 0.3) is 0 Å². The number of carbonyl (C=O) groups is 2. The fraction of sp³-hybridized carbons (Fsp3) is 0.125. The monoisotopic (exact) mass is 326 g/mol. The van der Waals surface area contributed by atoms with Crippen molar-refractivity contribution in [2.45, 2.75) is 6.61 Å². The summed E-state index contributed by atoms with van der Waals surface area (Å²) in [5.41, 5.74) is 1.26. The highest BCUT2D eigenvalue weighted by molar-refractivity contribution is 6.07. The largest absolute Gasteiger partial charge is 0.478 e. The number of nitrogens with zero attached hydrogens (tertiary/aromatic N) is 3. The van der Waals surface area contributed by atoms with Crippen molar-refractivity contribution in [2.24, 2.45) is 7.05 Å². The molecule has 0 aliphatic heterocycles. The second kappa shape index (κ2) is 6.37. The molecule has 3 rings (SSSR count). The van der Waals surface area contributed by atoms with E-state index >= 15 is 0 Å². The predicted octanol–water partition coefficient (Wildman–Crippen LogP) is 2.42. The van der Waals surface area contributed by atoms with E-state index in [0.29, 0.717) is 11.0 Å². The highest BCUT2D eigenvalue weighted by atomic mass is 16.5. The third-order valence-electron chi connectivity index (χ3n) is 3.43. The summed E-state index contributed by atoms with van der Waals surface area (Å²) in [6.45, 7) is 0.0797. The van der Waals surface area contributed by atoms with Gasteiger partial charge in [0.2, 0.25) is 0 Å². The first kappa shape index (κ1) is 15.5. The zero-order valence-electron chi connectivity index (χ0n) is 12.8. The molecule has 8 heteroatoms. The molecule has 2 heterocycles. The van der Waals surface area contributed by atoms with Gasteiger partial charge in [-0.25, -0.2) is 14.6 Å². The number of aromatic nitrogens is 3. The second-order valence-electron chi connectivity index (χ2n) is 5.04. The molecule has 0 atom stereocenters. The molecule has 0 radical (unpaired) electrons. The molecule has 0 unspecified atom stereocenters. The number of aryl methyl sites for hydroxylation is 1. The molecule has 122 valence electrons. The Morgan fingerprint density at radius 1 is 1.25 bits per heavy atom. The van der Waals surface area contributed by atoms with Crippen molar-refractivity contribution in [2.75, 3.05) is 5.32 Å². The van der Waals surface area contributed by atoms with Crippen LogP contribution in [0.5, 0.6) is 0 Å². The van der Waals surface area contributed by atoms with E-state index < -0.39 is 12.1 Å². The van der Waals surface area contributed by atoms with Gasteiger partial charge in [0.05, 0.1) is 17.3 Å². The second-order valence-corrected chi connectivity index (χ2v) is 5.04. The molecule has 0 spiro atoms. The summed E-state index contributed by atoms with van der Waals surface area (Å²) in [7, 11) is 1.67. The van der Waals surface area contributed by atoms with E-state index in [-0.39, 0.29) is 17.9 Å². The highest BCUT2D eigenvalue weighted by Gasteiger charge is 2.19. The van der Waals surface area contributed by atoms with Crippen LogP contribution in [0, 0.1) is 0 Å². The number of carbonyl (C=O) groups excluding carboxylic acids is 1. The lowest BCUT2D eigenvalue weighted by molar-refractivity contribution is 0.0697. The van der Waals surface area contributed by atoms with Gasteiger partial charge in [0.15, 0.2) is 5.65 Å². The topological polar surface area (TPSA) is 106 Å². The number of anilines is 1. The molecule has 0 saturated heterocycles. The van der Waals surface area contributed by atoms with E-state index in [1.54, 1.807) is 7.05 Å². The summed E-state index contributed by atoms with van der Waals surface area (Å²) in [5.74, 6) is -1.20. The number of aromatic carboxylic acids is 1. The van der Waals surface area contributed by atoms with Gasteiger partial charge in [0.1, 0.15) is 12.2 Å². The Morgan fingerprint density at radius 3 is 2.71 bits per heavy atom. The Morgan fingerprint density at radius 2 is 2.00 bits per heavy atom. The van der Waals surface area contributed by atoms with Crippen LogP contribution in [-0.4, -0.2) is 31.9 Å². The number of fused-ring (bicyclic) bond motifs is 1. The first-order chi connectivity index (χ1) is 11.6. The zero-order valence-corrected chi connectivity index (χ0v) is 12.8. The number of nitrogens with one attached hydrogen (secondary N) is 1. The Labute approximate surface area is 136 Å². The average Bonchev–Trinajstić information content (AvgIpc) is 2.96. The summed E-state index contributed by atoms with van der Waals surface area (Å²) in [6, 6.07) is 9.17. The molecule has 2 aromatic heterocycles. The zero-order chi connectivity index (χ0) is 17.1. The summed E-state index contributed by atoms with van der Waals surface area (Å²) >= 11 is 0. The van der Waals surface area contributed by atoms with E-state index in [2.05, 4.69) is 15.4 Å². The van der Waals surface area contributed by atoms with Gasteiger partial charge in [-0.2, -0.15) is 5.10 Å². The summed E-state index contributed by atoms with van der Waals surface area (Å²) in [6.07, 6.45) is 1.87. The fourth-order valence-electron chi connectivity index (χ4n) is 2.25. The minimum absolute atomic E-state index is 0.0797. The maximum Gasteiger partial charge on any atom is 0.412 e. The van der Waals surface area contributed by atoms with Crippen molar-refractivity contribution in [3.63, 3.8) is 0 Å². The van der Waals surface area contributed by atoms with E-state index in [4.69, 9.17) is 4.74 Å². The Hall–Kier alpha value is -3.42. The molecule has 8 nitrogen and oxygen atoms in total. The summed E-state index contributed by atoms with van der Waals surface area (Å²) in [4.78, 5) is 27.5. The molecule has 3 aromatic rings. The van der Waals surface area contributed by atoms with Crippen LogP contribution >= 0.6 is 0 Å². The molecular formula is C16H14N4O4. The van der Waals surface area contributed by atoms with Crippen LogP contribution in [0.25, 0.3) is 11.0 Å². The lowest BCUT2D eigenvalue weighted by Crippen LogP contribution is -2.16. The third kappa shape index (κ3) is 3.02. The Balaban J connectivity index is 1.84. The van der Waals surface area contributed by atoms with Crippen LogP contribution in [-0.2, 0) is 18.4 Å². The normalized spacial score (nSPS) is 10.5. The molecule has 0 aliphatic rings. The number of amides is 1. The number of rotatable bonds is 4. The van der Waals surface area contributed by atoms with Crippen molar-refractivity contribution in [3.8, 4) is 0 Å². The first-order valence-electron chi connectivity index (χ1n) is 7.08. The van der Waals surface area contributed by atoms with Crippen molar-refractivity contribution in [1.29, 1.82) is 0 Å². The molecule has 1 amide bonds. The standard InChI is InChI=1S/C16H14N4O4/c1-20-14-11(8-18-20)13(12(7-17-14)15(21)22)19-16(23)24-9-10-5-3-2-4-6-10/h2-8H,9H2,1H3,(H,21,22)(H,17,19,23). The smallest absolute Gasteiger partial charge is 0.412 e. The molecule has 1 aromatic carbocycles. The number of carboxylic acids is 1. The number of hydrogen-bond donors (Lipinski definition) is 2. The average molecular weight is 326 g/mol. The minimum Gasteiger partial charge on any atom is -0.478 e. The van der Waals surface area contributed by atoms with Gasteiger partial charge in [-0.1, -0.05) is 30.3 Å². The van der Waals surface area contributed by atoms with Gasteiger partial charge in [-0.05, 0) is 5.56 Å². The SMILES string of the molecule is Cn1ncc2c(NC(=O)OCc3ccccc3)c(C(=O)O)cnc21. The van der Waals surface area contributed by atoms with Crippen molar-refractivity contribution < 1.29 is 19.4 Å². The van der Waals surface area contributed by atoms with Crippen molar-refractivity contribution in [3.05, 3.63) is 53.9 Å². The number of hydrogen-bond acceptors (Lipinski definition) is 5. The van der Waals surface area contributed by atoms with Crippen LogP contribution in [0.3, 0.4) is 0 Å². The molecule has 0 bridgehead atoms. The quantitative estimate of drug-likeness (QED) is 0.762. The van der Waals surface area contributed by atoms with Gasteiger partial charge in [-0.3, -0.25) is 10.00 Å². The number of carboxylic acid groups (broad SMARTS) is 1. The van der Waals surface area contributed by atoms with E-state index in [1.165, 1.54) is 17.1 Å². The van der Waals surface area contributed by atoms with Crippen LogP contribution in [0.4, 0.5) is 10.5 Å². The van der Waals surface area contributed by atoms with Crippen LogP contribution < -0.4 is 5.32 Å². The van der Waals surface area contributed by atoms with Gasteiger partial charge in [0, 0.05) is 13.2 Å². The number of pyridine rings is 1. The molecule has 24 heavy (non-hydrogen) atoms. The van der Waals surface area contributed by atoms with Gasteiger partial charge in [-0.15, -0.1) is 0 Å². The molecular weight excluding hydrogens is 312 g/mol. The lowest BCUT2D eigenvalue weighted by Gasteiger charge is -2.10. The van der Waals surface area contributed by atoms with Gasteiger partial charge >= 0.3 is 12.1 Å². The molecule has 0 aliphatic carbocycles. The van der Waals surface area contributed by atoms with Crippen LogP contribution in [0.2, 0.25) is 0 Å². The van der Waals surface area contributed by atoms with Gasteiger partial charge < -0.3 is 9.84 Å². The summed E-state index contributed by atoms with van der Waals surface area (Å²) in [5, 5.41) is 16.2. The Kier molecular flexibility index (Phi) is 4.11. The predicted molar refractivity (Wildman–Crippen MR) is 85.7 cm³/mol. The number of ether oxygens (including phenoxy) is 1. The number of benzene rings is 1. The minimum atomic E-state index is -1.20. The van der Waals surface area contributed by atoms with Crippen molar-refractivity contribution in [1.82, 2.24) is 14.8 Å². The maximum absolute atomic E-state index is 12.0. The van der Waals surface area contributed by atoms with Crippen LogP contribution in [0.15, 0.2) is 42.7 Å². The lowest BCUT2D eigenvalue weighted by atomic mass is 10.2. The third-order valence-corrected chi connectivity index (χ3v) is 3.43. The van der Waals surface area contributed by atoms with Crippen LogP contribution in [0.1, 0.15) is 15.9 Å². The first-order valence-corrected chi connectivity index (χ1v) is 7.08. The van der Waals surface area contributed by atoms with E-state index in [1.807, 2.05) is 30.3 Å². The van der Waals surface area contributed by atoms with Crippen molar-refractivity contribution >= 4 is 28.8 Å². The van der Waals surface area contributed by atoms with E-state index in [9.17, 15) is 14.7 Å². The molecule has 0 fully saturated rings. The maximum atomic E-state index is 12.0. The molecule has 2 N–H and O–H groups in total. The highest BCUT2D eigenvalue weighted by Crippen LogP contribution is 2.25. The Bertz CT molecular complexity index is 905.